The van der Waals surface area contributed by atoms with Crippen molar-refractivity contribution in [2.75, 3.05) is 6.26 Å². The zero-order valence-electron chi connectivity index (χ0n) is 13.0. The van der Waals surface area contributed by atoms with Crippen LogP contribution in [0.4, 0.5) is 5.69 Å². The van der Waals surface area contributed by atoms with Crippen molar-refractivity contribution in [3.05, 3.63) is 63.1 Å². The van der Waals surface area contributed by atoms with Crippen LogP contribution in [0.2, 0.25) is 0 Å². The highest BCUT2D eigenvalue weighted by molar-refractivity contribution is 7.98. The van der Waals surface area contributed by atoms with E-state index < -0.39 is 10.9 Å². The Bertz CT molecular complexity index is 905. The summed E-state index contributed by atoms with van der Waals surface area (Å²) < 4.78 is 10.4. The Morgan fingerprint density at radius 1 is 1.40 bits per heavy atom. The fraction of sp³-hybridized carbons (Fsp3) is 0.125. The van der Waals surface area contributed by atoms with Crippen LogP contribution in [0.15, 0.2) is 51.2 Å². The third-order valence-electron chi connectivity index (χ3n) is 3.29. The molecule has 0 aliphatic rings. The molecular formula is C16H12N2O5S2. The SMILES string of the molecule is CSc1ccc(C(=O)OCc2cc(-c3cccs3)on2)cc1[N+](=O)[O-]. The number of aromatic nitrogens is 1. The average Bonchev–Trinajstić information content (AvgIpc) is 3.30. The summed E-state index contributed by atoms with van der Waals surface area (Å²) in [4.78, 5) is 24.1. The van der Waals surface area contributed by atoms with Gasteiger partial charge in [-0.05, 0) is 29.8 Å². The molecule has 3 aromatic rings. The largest absolute Gasteiger partial charge is 0.455 e. The summed E-state index contributed by atoms with van der Waals surface area (Å²) in [5.41, 5.74) is 0.460. The first-order chi connectivity index (χ1) is 12.1. The van der Waals surface area contributed by atoms with E-state index in [0.29, 0.717) is 16.3 Å². The van der Waals surface area contributed by atoms with Crippen molar-refractivity contribution in [1.82, 2.24) is 5.16 Å². The van der Waals surface area contributed by atoms with Gasteiger partial charge in [0.05, 0.1) is 20.3 Å². The number of rotatable bonds is 6. The third kappa shape index (κ3) is 3.89. The number of benzene rings is 1. The van der Waals surface area contributed by atoms with Crippen LogP contribution in [0.1, 0.15) is 16.1 Å². The maximum Gasteiger partial charge on any atom is 0.338 e. The molecule has 0 fully saturated rings. The van der Waals surface area contributed by atoms with Crippen molar-refractivity contribution in [2.24, 2.45) is 0 Å². The topological polar surface area (TPSA) is 95.5 Å². The summed E-state index contributed by atoms with van der Waals surface area (Å²) in [6.45, 7) is -0.0776. The average molecular weight is 376 g/mol. The van der Waals surface area contributed by atoms with Gasteiger partial charge in [-0.1, -0.05) is 11.2 Å². The summed E-state index contributed by atoms with van der Waals surface area (Å²) >= 11 is 2.75. The number of carbonyl (C=O) groups excluding carboxylic acids is 1. The number of ether oxygens (including phenoxy) is 1. The molecule has 7 nitrogen and oxygen atoms in total. The molecule has 0 radical (unpaired) electrons. The molecule has 0 unspecified atom stereocenters. The molecule has 0 saturated carbocycles. The second kappa shape index (κ2) is 7.49. The van der Waals surface area contributed by atoms with Crippen LogP contribution in [0.25, 0.3) is 10.6 Å². The van der Waals surface area contributed by atoms with Gasteiger partial charge in [0, 0.05) is 12.1 Å². The lowest BCUT2D eigenvalue weighted by atomic mass is 10.2. The van der Waals surface area contributed by atoms with E-state index >= 15 is 0 Å². The summed E-state index contributed by atoms with van der Waals surface area (Å²) in [5.74, 6) is -0.0579. The van der Waals surface area contributed by atoms with Gasteiger partial charge in [-0.25, -0.2) is 4.79 Å². The molecule has 2 heterocycles. The minimum Gasteiger partial charge on any atom is -0.455 e. The summed E-state index contributed by atoms with van der Waals surface area (Å²) in [6.07, 6.45) is 1.73. The molecule has 9 heteroatoms. The van der Waals surface area contributed by atoms with E-state index in [-0.39, 0.29) is 17.9 Å². The molecule has 2 aromatic heterocycles. The predicted octanol–water partition coefficient (Wildman–Crippen LogP) is 4.39. The molecule has 25 heavy (non-hydrogen) atoms. The van der Waals surface area contributed by atoms with Gasteiger partial charge < -0.3 is 9.26 Å². The van der Waals surface area contributed by atoms with Crippen LogP contribution in [-0.4, -0.2) is 22.3 Å². The maximum absolute atomic E-state index is 12.1. The molecular weight excluding hydrogens is 364 g/mol. The lowest BCUT2D eigenvalue weighted by Gasteiger charge is -2.04. The quantitative estimate of drug-likeness (QED) is 0.272. The van der Waals surface area contributed by atoms with Gasteiger partial charge >= 0.3 is 5.97 Å². The molecule has 0 saturated heterocycles. The standard InChI is InChI=1S/C16H12N2O5S2/c1-24-14-5-4-10(7-12(14)18(20)21)16(19)22-9-11-8-13(23-17-11)15-3-2-6-25-15/h2-8H,9H2,1H3. The molecule has 0 spiro atoms. The van der Waals surface area contributed by atoms with Gasteiger partial charge in [0.2, 0.25) is 0 Å². The number of nitro benzene ring substituents is 1. The normalized spacial score (nSPS) is 10.6. The number of nitrogens with zero attached hydrogens (tertiary/aromatic N) is 2. The van der Waals surface area contributed by atoms with Gasteiger partial charge in [-0.15, -0.1) is 23.1 Å². The monoisotopic (exact) mass is 376 g/mol. The number of thiophene rings is 1. The fourth-order valence-corrected chi connectivity index (χ4v) is 3.32. The molecule has 1 aromatic carbocycles. The molecule has 0 bridgehead atoms. The first-order valence-electron chi connectivity index (χ1n) is 7.07. The number of hydrogen-bond acceptors (Lipinski definition) is 8. The molecule has 0 N–H and O–H groups in total. The van der Waals surface area contributed by atoms with E-state index in [9.17, 15) is 14.9 Å². The highest BCUT2D eigenvalue weighted by Crippen LogP contribution is 2.29. The summed E-state index contributed by atoms with van der Waals surface area (Å²) in [6, 6.07) is 9.73. The third-order valence-corrected chi connectivity index (χ3v) is 4.95. The van der Waals surface area contributed by atoms with Crippen molar-refractivity contribution < 1.29 is 19.0 Å². The van der Waals surface area contributed by atoms with Crippen LogP contribution >= 0.6 is 23.1 Å². The number of esters is 1. The zero-order valence-corrected chi connectivity index (χ0v) is 14.6. The Morgan fingerprint density at radius 3 is 2.92 bits per heavy atom. The van der Waals surface area contributed by atoms with Crippen LogP contribution in [0.5, 0.6) is 0 Å². The number of thioether (sulfide) groups is 1. The maximum atomic E-state index is 12.1. The Hall–Kier alpha value is -2.65. The van der Waals surface area contributed by atoms with Crippen molar-refractivity contribution in [3.63, 3.8) is 0 Å². The van der Waals surface area contributed by atoms with Crippen molar-refractivity contribution >= 4 is 34.8 Å². The minimum absolute atomic E-state index is 0.0776. The van der Waals surface area contributed by atoms with Gasteiger partial charge in [0.25, 0.3) is 5.69 Å². The first-order valence-corrected chi connectivity index (χ1v) is 9.18. The van der Waals surface area contributed by atoms with Crippen molar-refractivity contribution in [1.29, 1.82) is 0 Å². The molecule has 0 aliphatic heterocycles. The summed E-state index contributed by atoms with van der Waals surface area (Å²) in [7, 11) is 0. The molecule has 3 rings (SSSR count). The van der Waals surface area contributed by atoms with Crippen molar-refractivity contribution in [2.45, 2.75) is 11.5 Å². The first kappa shape index (κ1) is 17.2. The van der Waals surface area contributed by atoms with Gasteiger partial charge in [0.15, 0.2) is 5.76 Å². The van der Waals surface area contributed by atoms with Crippen LogP contribution < -0.4 is 0 Å². The Morgan fingerprint density at radius 2 is 2.24 bits per heavy atom. The molecule has 0 amide bonds. The fourth-order valence-electron chi connectivity index (χ4n) is 2.10. The second-order valence-corrected chi connectivity index (χ2v) is 6.68. The van der Waals surface area contributed by atoms with Crippen LogP contribution in [-0.2, 0) is 11.3 Å². The van der Waals surface area contributed by atoms with E-state index in [1.165, 1.54) is 41.3 Å². The molecule has 0 aliphatic carbocycles. The lowest BCUT2D eigenvalue weighted by molar-refractivity contribution is -0.387. The van der Waals surface area contributed by atoms with Gasteiger partial charge in [-0.3, -0.25) is 10.1 Å². The smallest absolute Gasteiger partial charge is 0.338 e. The Kier molecular flexibility index (Phi) is 5.15. The Labute approximate surface area is 150 Å². The number of hydrogen-bond donors (Lipinski definition) is 0. The predicted molar refractivity (Wildman–Crippen MR) is 93.8 cm³/mol. The van der Waals surface area contributed by atoms with Gasteiger partial charge in [0.1, 0.15) is 12.3 Å². The van der Waals surface area contributed by atoms with E-state index in [1.54, 1.807) is 12.3 Å². The number of carbonyl (C=O) groups is 1. The van der Waals surface area contributed by atoms with E-state index in [0.717, 1.165) is 4.88 Å². The Balaban J connectivity index is 1.69. The van der Waals surface area contributed by atoms with E-state index in [4.69, 9.17) is 9.26 Å². The van der Waals surface area contributed by atoms with Crippen LogP contribution in [0.3, 0.4) is 0 Å². The van der Waals surface area contributed by atoms with Gasteiger partial charge in [-0.2, -0.15) is 0 Å². The lowest BCUT2D eigenvalue weighted by Crippen LogP contribution is -2.06. The number of nitro groups is 1. The van der Waals surface area contributed by atoms with E-state index in [2.05, 4.69) is 5.16 Å². The molecule has 0 atom stereocenters. The zero-order chi connectivity index (χ0) is 17.8. The van der Waals surface area contributed by atoms with E-state index in [1.807, 2.05) is 17.5 Å². The molecule has 128 valence electrons. The highest BCUT2D eigenvalue weighted by atomic mass is 32.2. The summed E-state index contributed by atoms with van der Waals surface area (Å²) in [5, 5.41) is 16.8. The van der Waals surface area contributed by atoms with Crippen molar-refractivity contribution in [3.8, 4) is 10.6 Å². The van der Waals surface area contributed by atoms with Crippen LogP contribution in [0, 0.1) is 10.1 Å². The highest BCUT2D eigenvalue weighted by Gasteiger charge is 2.18. The minimum atomic E-state index is -0.656. The second-order valence-electron chi connectivity index (χ2n) is 4.88.